The molecule has 5 heteroatoms. The molecule has 1 heterocycles. The summed E-state index contributed by atoms with van der Waals surface area (Å²) in [5.41, 5.74) is 2.54. The molecule has 5 atom stereocenters. The summed E-state index contributed by atoms with van der Waals surface area (Å²) < 4.78 is 11.4. The maximum absolute atomic E-state index is 12.4. The summed E-state index contributed by atoms with van der Waals surface area (Å²) in [5.74, 6) is -1.44. The van der Waals surface area contributed by atoms with Crippen LogP contribution < -0.4 is 0 Å². The van der Waals surface area contributed by atoms with Gasteiger partial charge in [-0.2, -0.15) is 0 Å². The summed E-state index contributed by atoms with van der Waals surface area (Å²) in [4.78, 5) is 36.8. The molecule has 3 rings (SSSR count). The molecule has 0 bridgehead atoms. The SMILES string of the molecule is C=CCCC(=O)OC1CC(C)=C2C(=O)C=C(C)C2C2OC(=O)C(C)C12. The maximum Gasteiger partial charge on any atom is 0.309 e. The second-order valence-corrected chi connectivity index (χ2v) is 7.25. The van der Waals surface area contributed by atoms with Crippen molar-refractivity contribution >= 4 is 17.7 Å². The van der Waals surface area contributed by atoms with Crippen molar-refractivity contribution in [3.05, 3.63) is 35.5 Å². The molecule has 0 aromatic heterocycles. The minimum atomic E-state index is -0.456. The zero-order chi connectivity index (χ0) is 18.3. The van der Waals surface area contributed by atoms with Crippen LogP contribution >= 0.6 is 0 Å². The van der Waals surface area contributed by atoms with Crippen molar-refractivity contribution in [3.8, 4) is 0 Å². The van der Waals surface area contributed by atoms with Gasteiger partial charge in [0.1, 0.15) is 12.2 Å². The Morgan fingerprint density at radius 3 is 2.80 bits per heavy atom. The number of hydrogen-bond donors (Lipinski definition) is 0. The Morgan fingerprint density at radius 2 is 2.12 bits per heavy atom. The maximum atomic E-state index is 12.4. The van der Waals surface area contributed by atoms with Crippen molar-refractivity contribution in [2.24, 2.45) is 17.8 Å². The molecular weight excluding hydrogens is 320 g/mol. The third-order valence-electron chi connectivity index (χ3n) is 5.57. The normalized spacial score (nSPS) is 34.0. The van der Waals surface area contributed by atoms with Gasteiger partial charge in [-0.05, 0) is 26.3 Å². The molecule has 0 N–H and O–H groups in total. The van der Waals surface area contributed by atoms with E-state index in [9.17, 15) is 14.4 Å². The van der Waals surface area contributed by atoms with Crippen LogP contribution in [0, 0.1) is 17.8 Å². The highest BCUT2D eigenvalue weighted by Crippen LogP contribution is 2.48. The van der Waals surface area contributed by atoms with Crippen molar-refractivity contribution in [2.45, 2.75) is 52.2 Å². The van der Waals surface area contributed by atoms with Gasteiger partial charge in [0.05, 0.1) is 5.92 Å². The van der Waals surface area contributed by atoms with Gasteiger partial charge in [0, 0.05) is 30.3 Å². The molecule has 1 aliphatic heterocycles. The largest absolute Gasteiger partial charge is 0.462 e. The quantitative estimate of drug-likeness (QED) is 0.579. The van der Waals surface area contributed by atoms with Gasteiger partial charge in [0.15, 0.2) is 5.78 Å². The Morgan fingerprint density at radius 1 is 1.40 bits per heavy atom. The Hall–Kier alpha value is -2.17. The Balaban J connectivity index is 1.95. The zero-order valence-corrected chi connectivity index (χ0v) is 14.9. The predicted octanol–water partition coefficient (Wildman–Crippen LogP) is 2.91. The molecule has 25 heavy (non-hydrogen) atoms. The lowest BCUT2D eigenvalue weighted by atomic mass is 9.79. The molecular formula is C20H24O5. The first kappa shape index (κ1) is 17.6. The Labute approximate surface area is 147 Å². The van der Waals surface area contributed by atoms with E-state index in [1.807, 2.05) is 20.8 Å². The van der Waals surface area contributed by atoms with E-state index in [0.717, 1.165) is 11.1 Å². The van der Waals surface area contributed by atoms with Gasteiger partial charge in [-0.3, -0.25) is 14.4 Å². The summed E-state index contributed by atoms with van der Waals surface area (Å²) in [5, 5.41) is 0. The number of allylic oxidation sites excluding steroid dienone is 2. The van der Waals surface area contributed by atoms with Crippen molar-refractivity contribution in [1.29, 1.82) is 0 Å². The predicted molar refractivity (Wildman–Crippen MR) is 91.4 cm³/mol. The molecule has 5 nitrogen and oxygen atoms in total. The fourth-order valence-electron chi connectivity index (χ4n) is 4.36. The number of carbonyl (C=O) groups excluding carboxylic acids is 3. The van der Waals surface area contributed by atoms with E-state index in [2.05, 4.69) is 6.58 Å². The van der Waals surface area contributed by atoms with E-state index >= 15 is 0 Å². The number of fused-ring (bicyclic) bond motifs is 3. The van der Waals surface area contributed by atoms with E-state index in [1.165, 1.54) is 0 Å². The number of ketones is 1. The van der Waals surface area contributed by atoms with Crippen LogP contribution in [0.25, 0.3) is 0 Å². The topological polar surface area (TPSA) is 69.7 Å². The van der Waals surface area contributed by atoms with Crippen molar-refractivity contribution in [2.75, 3.05) is 0 Å². The Kier molecular flexibility index (Phi) is 4.67. The molecule has 5 unspecified atom stereocenters. The molecule has 1 saturated heterocycles. The number of hydrogen-bond acceptors (Lipinski definition) is 5. The van der Waals surface area contributed by atoms with Gasteiger partial charge >= 0.3 is 11.9 Å². The van der Waals surface area contributed by atoms with Gasteiger partial charge in [0.2, 0.25) is 0 Å². The lowest BCUT2D eigenvalue weighted by Crippen LogP contribution is -2.37. The lowest BCUT2D eigenvalue weighted by Gasteiger charge is -2.29. The number of ether oxygens (including phenoxy) is 2. The minimum absolute atomic E-state index is 0.0204. The standard InChI is InChI=1S/C20H24O5/c1-5-6-7-15(22)24-14-9-11(3)16-13(21)8-10(2)17(16)19-18(14)12(4)20(23)25-19/h5,8,12,14,17-19H,1,6-7,9H2,2-4H3. The zero-order valence-electron chi connectivity index (χ0n) is 14.9. The highest BCUT2D eigenvalue weighted by molar-refractivity contribution is 6.09. The van der Waals surface area contributed by atoms with E-state index < -0.39 is 12.2 Å². The van der Waals surface area contributed by atoms with E-state index in [-0.39, 0.29) is 41.9 Å². The van der Waals surface area contributed by atoms with Crippen molar-refractivity contribution in [1.82, 2.24) is 0 Å². The van der Waals surface area contributed by atoms with Crippen LogP contribution in [0.2, 0.25) is 0 Å². The highest BCUT2D eigenvalue weighted by Gasteiger charge is 2.55. The van der Waals surface area contributed by atoms with Crippen LogP contribution in [0.1, 0.15) is 40.0 Å². The van der Waals surface area contributed by atoms with Crippen LogP contribution in [0.4, 0.5) is 0 Å². The van der Waals surface area contributed by atoms with Crippen LogP contribution in [-0.2, 0) is 23.9 Å². The fraction of sp³-hybridized carbons (Fsp3) is 0.550. The van der Waals surface area contributed by atoms with Gasteiger partial charge in [-0.15, -0.1) is 6.58 Å². The summed E-state index contributed by atoms with van der Waals surface area (Å²) >= 11 is 0. The van der Waals surface area contributed by atoms with E-state index in [4.69, 9.17) is 9.47 Å². The molecule has 0 aromatic rings. The van der Waals surface area contributed by atoms with Gasteiger partial charge < -0.3 is 9.47 Å². The molecule has 1 fully saturated rings. The monoisotopic (exact) mass is 344 g/mol. The first-order valence-corrected chi connectivity index (χ1v) is 8.78. The van der Waals surface area contributed by atoms with E-state index in [0.29, 0.717) is 18.4 Å². The van der Waals surface area contributed by atoms with Crippen LogP contribution in [0.15, 0.2) is 35.5 Å². The van der Waals surface area contributed by atoms with Gasteiger partial charge in [-0.25, -0.2) is 0 Å². The third-order valence-corrected chi connectivity index (χ3v) is 5.57. The van der Waals surface area contributed by atoms with Crippen LogP contribution in [0.3, 0.4) is 0 Å². The summed E-state index contributed by atoms with van der Waals surface area (Å²) in [6.45, 7) is 9.23. The molecule has 0 radical (unpaired) electrons. The molecule has 3 aliphatic rings. The second-order valence-electron chi connectivity index (χ2n) is 7.25. The molecule has 0 aromatic carbocycles. The summed E-state index contributed by atoms with van der Waals surface area (Å²) in [7, 11) is 0. The van der Waals surface area contributed by atoms with Crippen LogP contribution in [0.5, 0.6) is 0 Å². The second kappa shape index (κ2) is 6.62. The smallest absolute Gasteiger partial charge is 0.309 e. The van der Waals surface area contributed by atoms with Crippen molar-refractivity contribution in [3.63, 3.8) is 0 Å². The van der Waals surface area contributed by atoms with Gasteiger partial charge in [0.25, 0.3) is 0 Å². The Bertz CT molecular complexity index is 699. The fourth-order valence-corrected chi connectivity index (χ4v) is 4.36. The molecule has 2 aliphatic carbocycles. The summed E-state index contributed by atoms with van der Waals surface area (Å²) in [6.07, 6.45) is 3.67. The first-order valence-electron chi connectivity index (χ1n) is 8.78. The molecule has 0 spiro atoms. The van der Waals surface area contributed by atoms with E-state index in [1.54, 1.807) is 12.2 Å². The van der Waals surface area contributed by atoms with Crippen molar-refractivity contribution < 1.29 is 23.9 Å². The third kappa shape index (κ3) is 2.96. The first-order chi connectivity index (χ1) is 11.8. The molecule has 134 valence electrons. The average Bonchev–Trinajstić information content (AvgIpc) is 2.95. The average molecular weight is 344 g/mol. The molecule has 0 saturated carbocycles. The summed E-state index contributed by atoms with van der Waals surface area (Å²) in [6, 6.07) is 0. The van der Waals surface area contributed by atoms with Gasteiger partial charge in [-0.1, -0.05) is 24.1 Å². The number of rotatable bonds is 4. The molecule has 0 amide bonds. The van der Waals surface area contributed by atoms with Crippen LogP contribution in [-0.4, -0.2) is 29.9 Å². The number of esters is 2. The minimum Gasteiger partial charge on any atom is -0.462 e. The lowest BCUT2D eigenvalue weighted by molar-refractivity contribution is -0.153. The number of carbonyl (C=O) groups is 3. The highest BCUT2D eigenvalue weighted by atomic mass is 16.6.